The third kappa shape index (κ3) is 4.28. The summed E-state index contributed by atoms with van der Waals surface area (Å²) in [6.45, 7) is 5.85. The Bertz CT molecular complexity index is 537. The number of hydrogen-bond acceptors (Lipinski definition) is 4. The number of nitrogens with zero attached hydrogens (tertiary/aromatic N) is 3. The van der Waals surface area contributed by atoms with Gasteiger partial charge in [-0.15, -0.1) is 0 Å². The fourth-order valence-corrected chi connectivity index (χ4v) is 2.53. The molecule has 1 heterocycles. The summed E-state index contributed by atoms with van der Waals surface area (Å²) in [5.74, 6) is -0.0188. The van der Waals surface area contributed by atoms with Gasteiger partial charge >= 0.3 is 0 Å². The molecule has 0 saturated carbocycles. The number of likely N-dealkylation sites (N-methyl/N-ethyl adjacent to an activating group) is 1. The summed E-state index contributed by atoms with van der Waals surface area (Å²) in [6, 6.07) is 8.92. The minimum atomic E-state index is -0.165. The lowest BCUT2D eigenvalue weighted by Crippen LogP contribution is -2.43. The first-order valence-corrected chi connectivity index (χ1v) is 7.34. The van der Waals surface area contributed by atoms with Gasteiger partial charge in [-0.2, -0.15) is 5.26 Å². The van der Waals surface area contributed by atoms with Gasteiger partial charge in [-0.1, -0.05) is 6.07 Å². The van der Waals surface area contributed by atoms with Gasteiger partial charge in [0, 0.05) is 25.3 Å². The first-order valence-electron chi connectivity index (χ1n) is 7.34. The molecule has 5 heteroatoms. The number of amides is 1. The van der Waals surface area contributed by atoms with Crippen molar-refractivity contribution in [2.24, 2.45) is 0 Å². The van der Waals surface area contributed by atoms with Crippen LogP contribution in [-0.2, 0) is 4.79 Å². The summed E-state index contributed by atoms with van der Waals surface area (Å²) in [4.78, 5) is 16.9. The molecule has 1 amide bonds. The van der Waals surface area contributed by atoms with Crippen molar-refractivity contribution in [3.8, 4) is 6.07 Å². The minimum Gasteiger partial charge on any atom is -0.325 e. The summed E-state index contributed by atoms with van der Waals surface area (Å²) in [6.07, 6.45) is 1.08. The van der Waals surface area contributed by atoms with Crippen LogP contribution < -0.4 is 5.32 Å². The molecule has 0 aromatic heterocycles. The van der Waals surface area contributed by atoms with E-state index in [9.17, 15) is 4.79 Å². The zero-order valence-electron chi connectivity index (χ0n) is 12.7. The highest BCUT2D eigenvalue weighted by molar-refractivity contribution is 5.94. The maximum atomic E-state index is 12.4. The average Bonchev–Trinajstić information content (AvgIpc) is 2.71. The standard InChI is InChI=1S/C16H22N4O/c1-13(20-8-4-7-19(2)9-10-20)16(21)18-15-6-3-5-14(11-15)12-17/h3,5-6,11,13H,4,7-10H2,1-2H3,(H,18,21). The molecule has 1 saturated heterocycles. The summed E-state index contributed by atoms with van der Waals surface area (Å²) in [5, 5.41) is 11.8. The van der Waals surface area contributed by atoms with Gasteiger partial charge in [0.15, 0.2) is 0 Å². The van der Waals surface area contributed by atoms with Gasteiger partial charge in [-0.3, -0.25) is 9.69 Å². The lowest BCUT2D eigenvalue weighted by molar-refractivity contribution is -0.120. The number of benzene rings is 1. The third-order valence-corrected chi connectivity index (χ3v) is 3.94. The maximum absolute atomic E-state index is 12.4. The monoisotopic (exact) mass is 286 g/mol. The van der Waals surface area contributed by atoms with Crippen LogP contribution in [0, 0.1) is 11.3 Å². The molecule has 1 aromatic carbocycles. The van der Waals surface area contributed by atoms with E-state index in [0.717, 1.165) is 32.6 Å². The largest absolute Gasteiger partial charge is 0.325 e. The van der Waals surface area contributed by atoms with Crippen molar-refractivity contribution in [3.63, 3.8) is 0 Å². The predicted molar refractivity (Wildman–Crippen MR) is 82.9 cm³/mol. The Morgan fingerprint density at radius 1 is 1.33 bits per heavy atom. The van der Waals surface area contributed by atoms with E-state index in [2.05, 4.69) is 28.2 Å². The number of nitrogens with one attached hydrogen (secondary N) is 1. The molecule has 1 aliphatic heterocycles. The normalized spacial score (nSPS) is 18.5. The molecule has 1 aromatic rings. The Morgan fingerprint density at radius 3 is 2.90 bits per heavy atom. The van der Waals surface area contributed by atoms with Crippen LogP contribution >= 0.6 is 0 Å². The van der Waals surface area contributed by atoms with Gasteiger partial charge in [-0.25, -0.2) is 0 Å². The second kappa shape index (κ2) is 7.21. The highest BCUT2D eigenvalue weighted by atomic mass is 16.2. The zero-order valence-corrected chi connectivity index (χ0v) is 12.7. The maximum Gasteiger partial charge on any atom is 0.241 e. The third-order valence-electron chi connectivity index (χ3n) is 3.94. The molecule has 0 radical (unpaired) electrons. The van der Waals surface area contributed by atoms with Gasteiger partial charge < -0.3 is 10.2 Å². The molecular weight excluding hydrogens is 264 g/mol. The molecule has 21 heavy (non-hydrogen) atoms. The Labute approximate surface area is 126 Å². The average molecular weight is 286 g/mol. The number of rotatable bonds is 3. The van der Waals surface area contributed by atoms with Gasteiger partial charge in [0.1, 0.15) is 0 Å². The molecule has 1 atom stereocenters. The van der Waals surface area contributed by atoms with Crippen LogP contribution in [0.25, 0.3) is 0 Å². The van der Waals surface area contributed by atoms with E-state index in [4.69, 9.17) is 5.26 Å². The van der Waals surface area contributed by atoms with E-state index >= 15 is 0 Å². The van der Waals surface area contributed by atoms with Gasteiger partial charge in [0.25, 0.3) is 0 Å². The Hall–Kier alpha value is -1.90. The van der Waals surface area contributed by atoms with Crippen LogP contribution in [0.4, 0.5) is 5.69 Å². The van der Waals surface area contributed by atoms with E-state index in [1.54, 1.807) is 18.2 Å². The molecule has 1 aliphatic rings. The van der Waals surface area contributed by atoms with Crippen molar-refractivity contribution in [3.05, 3.63) is 29.8 Å². The van der Waals surface area contributed by atoms with E-state index in [-0.39, 0.29) is 11.9 Å². The second-order valence-electron chi connectivity index (χ2n) is 5.55. The topological polar surface area (TPSA) is 59.4 Å². The molecule has 1 fully saturated rings. The molecular formula is C16H22N4O. The minimum absolute atomic E-state index is 0.0188. The van der Waals surface area contributed by atoms with Crippen molar-refractivity contribution in [1.29, 1.82) is 5.26 Å². The van der Waals surface area contributed by atoms with E-state index in [1.807, 2.05) is 13.0 Å². The van der Waals surface area contributed by atoms with Crippen LogP contribution in [0.15, 0.2) is 24.3 Å². The van der Waals surface area contributed by atoms with Gasteiger partial charge in [0.2, 0.25) is 5.91 Å². The first-order chi connectivity index (χ1) is 10.1. The summed E-state index contributed by atoms with van der Waals surface area (Å²) in [5.41, 5.74) is 1.23. The molecule has 0 spiro atoms. The lowest BCUT2D eigenvalue weighted by atomic mass is 10.2. The fraction of sp³-hybridized carbons (Fsp3) is 0.500. The Balaban J connectivity index is 1.97. The first kappa shape index (κ1) is 15.5. The van der Waals surface area contributed by atoms with Gasteiger partial charge in [-0.05, 0) is 45.1 Å². The molecule has 2 rings (SSSR count). The Morgan fingerprint density at radius 2 is 2.14 bits per heavy atom. The predicted octanol–water partition coefficient (Wildman–Crippen LogP) is 1.52. The van der Waals surface area contributed by atoms with Crippen LogP contribution in [0.5, 0.6) is 0 Å². The van der Waals surface area contributed by atoms with Crippen molar-refractivity contribution >= 4 is 11.6 Å². The summed E-state index contributed by atoms with van der Waals surface area (Å²) < 4.78 is 0. The van der Waals surface area contributed by atoms with Crippen molar-refractivity contribution in [1.82, 2.24) is 9.80 Å². The number of carbonyl (C=O) groups excluding carboxylic acids is 1. The summed E-state index contributed by atoms with van der Waals surface area (Å²) in [7, 11) is 2.11. The lowest BCUT2D eigenvalue weighted by Gasteiger charge is -2.26. The smallest absolute Gasteiger partial charge is 0.241 e. The molecule has 0 aliphatic carbocycles. The van der Waals surface area contributed by atoms with Crippen LogP contribution in [0.1, 0.15) is 18.9 Å². The zero-order chi connectivity index (χ0) is 15.2. The van der Waals surface area contributed by atoms with E-state index < -0.39 is 0 Å². The van der Waals surface area contributed by atoms with Crippen LogP contribution in [0.2, 0.25) is 0 Å². The molecule has 1 unspecified atom stereocenters. The molecule has 112 valence electrons. The fourth-order valence-electron chi connectivity index (χ4n) is 2.53. The Kier molecular flexibility index (Phi) is 5.32. The van der Waals surface area contributed by atoms with Crippen molar-refractivity contribution in [2.45, 2.75) is 19.4 Å². The number of anilines is 1. The molecule has 0 bridgehead atoms. The number of carbonyl (C=O) groups is 1. The summed E-state index contributed by atoms with van der Waals surface area (Å²) >= 11 is 0. The quantitative estimate of drug-likeness (QED) is 0.915. The van der Waals surface area contributed by atoms with Crippen molar-refractivity contribution < 1.29 is 4.79 Å². The molecule has 5 nitrogen and oxygen atoms in total. The highest BCUT2D eigenvalue weighted by Crippen LogP contribution is 2.12. The molecule has 1 N–H and O–H groups in total. The van der Waals surface area contributed by atoms with Gasteiger partial charge in [0.05, 0.1) is 17.7 Å². The number of hydrogen-bond donors (Lipinski definition) is 1. The van der Waals surface area contributed by atoms with Crippen LogP contribution in [0.3, 0.4) is 0 Å². The second-order valence-corrected chi connectivity index (χ2v) is 5.55. The van der Waals surface area contributed by atoms with Crippen LogP contribution in [-0.4, -0.2) is 55.0 Å². The van der Waals surface area contributed by atoms with E-state index in [0.29, 0.717) is 11.3 Å². The highest BCUT2D eigenvalue weighted by Gasteiger charge is 2.23. The van der Waals surface area contributed by atoms with Crippen molar-refractivity contribution in [2.75, 3.05) is 38.5 Å². The SMILES string of the molecule is CC(C(=O)Nc1cccc(C#N)c1)N1CCCN(C)CC1. The van der Waals surface area contributed by atoms with E-state index in [1.165, 1.54) is 0 Å². The number of nitriles is 1.